The summed E-state index contributed by atoms with van der Waals surface area (Å²) in [6, 6.07) is 9.66. The fourth-order valence-electron chi connectivity index (χ4n) is 2.30. The van der Waals surface area contributed by atoms with E-state index in [1.165, 1.54) is 0 Å². The van der Waals surface area contributed by atoms with Crippen molar-refractivity contribution < 1.29 is 14.3 Å². The van der Waals surface area contributed by atoms with Crippen LogP contribution in [0.1, 0.15) is 56.9 Å². The van der Waals surface area contributed by atoms with E-state index < -0.39 is 0 Å². The highest BCUT2D eigenvalue weighted by molar-refractivity contribution is 5.75. The van der Waals surface area contributed by atoms with Crippen molar-refractivity contribution in [1.82, 2.24) is 5.32 Å². The molecule has 0 aliphatic rings. The lowest BCUT2D eigenvalue weighted by atomic mass is 10.1. The van der Waals surface area contributed by atoms with Crippen LogP contribution in [0.5, 0.6) is 0 Å². The van der Waals surface area contributed by atoms with Gasteiger partial charge in [-0.3, -0.25) is 9.59 Å². The maximum atomic E-state index is 11.6. The Labute approximate surface area is 145 Å². The summed E-state index contributed by atoms with van der Waals surface area (Å²) in [5.41, 5.74) is 6.41. The predicted octanol–water partition coefficient (Wildman–Crippen LogP) is 2.93. The molecule has 0 aromatic heterocycles. The number of amides is 1. The quantitative estimate of drug-likeness (QED) is 0.429. The molecule has 0 unspecified atom stereocenters. The van der Waals surface area contributed by atoms with Crippen molar-refractivity contribution in [3.63, 3.8) is 0 Å². The molecule has 1 rings (SSSR count). The zero-order valence-electron chi connectivity index (χ0n) is 14.5. The Bertz CT molecular complexity index is 463. The molecule has 1 aromatic carbocycles. The zero-order valence-corrected chi connectivity index (χ0v) is 14.5. The molecule has 0 fully saturated rings. The summed E-state index contributed by atoms with van der Waals surface area (Å²) in [5.74, 6) is -0.0583. The van der Waals surface area contributed by atoms with Crippen LogP contribution in [0.4, 0.5) is 0 Å². The van der Waals surface area contributed by atoms with Crippen molar-refractivity contribution in [2.75, 3.05) is 13.1 Å². The summed E-state index contributed by atoms with van der Waals surface area (Å²) < 4.78 is 5.22. The lowest BCUT2D eigenvalue weighted by molar-refractivity contribution is -0.145. The van der Waals surface area contributed by atoms with Crippen molar-refractivity contribution in [3.8, 4) is 0 Å². The molecule has 0 radical (unpaired) electrons. The van der Waals surface area contributed by atoms with Crippen molar-refractivity contribution in [1.29, 1.82) is 0 Å². The Morgan fingerprint density at radius 3 is 2.38 bits per heavy atom. The predicted molar refractivity (Wildman–Crippen MR) is 95.2 cm³/mol. The average molecular weight is 334 g/mol. The number of benzene rings is 1. The van der Waals surface area contributed by atoms with E-state index in [1.807, 2.05) is 30.3 Å². The molecule has 1 amide bonds. The third kappa shape index (κ3) is 10.8. The van der Waals surface area contributed by atoms with Gasteiger partial charge in [0.15, 0.2) is 0 Å². The third-order valence-corrected chi connectivity index (χ3v) is 3.73. The van der Waals surface area contributed by atoms with Gasteiger partial charge in [0.05, 0.1) is 0 Å². The van der Waals surface area contributed by atoms with Crippen LogP contribution in [-0.2, 0) is 20.9 Å². The van der Waals surface area contributed by atoms with Crippen LogP contribution in [0.25, 0.3) is 0 Å². The van der Waals surface area contributed by atoms with E-state index in [0.29, 0.717) is 32.5 Å². The summed E-state index contributed by atoms with van der Waals surface area (Å²) in [7, 11) is 0. The number of rotatable bonds is 13. The number of hydrogen-bond donors (Lipinski definition) is 2. The maximum Gasteiger partial charge on any atom is 0.306 e. The number of nitrogens with two attached hydrogens (primary N) is 1. The van der Waals surface area contributed by atoms with E-state index in [4.69, 9.17) is 10.5 Å². The van der Waals surface area contributed by atoms with Crippen LogP contribution in [0.3, 0.4) is 0 Å². The fraction of sp³-hybridized carbons (Fsp3) is 0.579. The largest absolute Gasteiger partial charge is 0.461 e. The van der Waals surface area contributed by atoms with Crippen LogP contribution < -0.4 is 11.1 Å². The Hall–Kier alpha value is -1.88. The van der Waals surface area contributed by atoms with Crippen molar-refractivity contribution >= 4 is 11.9 Å². The fourth-order valence-corrected chi connectivity index (χ4v) is 2.30. The molecule has 0 spiro atoms. The van der Waals surface area contributed by atoms with Gasteiger partial charge in [-0.1, -0.05) is 43.2 Å². The highest BCUT2D eigenvalue weighted by Crippen LogP contribution is 2.05. The number of esters is 1. The van der Waals surface area contributed by atoms with Gasteiger partial charge in [0, 0.05) is 19.4 Å². The third-order valence-electron chi connectivity index (χ3n) is 3.73. The van der Waals surface area contributed by atoms with Gasteiger partial charge in [0.25, 0.3) is 0 Å². The molecular formula is C19H30N2O3. The average Bonchev–Trinajstić information content (AvgIpc) is 2.61. The number of carbonyl (C=O) groups is 2. The van der Waals surface area contributed by atoms with Gasteiger partial charge in [-0.05, 0) is 37.8 Å². The van der Waals surface area contributed by atoms with Crippen LogP contribution in [-0.4, -0.2) is 25.0 Å². The Morgan fingerprint density at radius 2 is 1.62 bits per heavy atom. The first-order valence-electron chi connectivity index (χ1n) is 8.88. The van der Waals surface area contributed by atoms with Gasteiger partial charge < -0.3 is 15.8 Å². The summed E-state index contributed by atoms with van der Waals surface area (Å²) >= 11 is 0. The smallest absolute Gasteiger partial charge is 0.306 e. The molecule has 0 bridgehead atoms. The van der Waals surface area contributed by atoms with E-state index in [1.54, 1.807) is 0 Å². The lowest BCUT2D eigenvalue weighted by Gasteiger charge is -2.06. The molecule has 5 heteroatoms. The van der Waals surface area contributed by atoms with Crippen molar-refractivity contribution in [2.45, 2.75) is 58.0 Å². The van der Waals surface area contributed by atoms with E-state index in [2.05, 4.69) is 5.32 Å². The number of carbonyl (C=O) groups excluding carboxylic acids is 2. The molecule has 0 aliphatic heterocycles. The minimum atomic E-state index is -0.164. The molecule has 3 N–H and O–H groups in total. The lowest BCUT2D eigenvalue weighted by Crippen LogP contribution is -2.24. The number of hydrogen-bond acceptors (Lipinski definition) is 4. The molecule has 0 saturated heterocycles. The van der Waals surface area contributed by atoms with E-state index in [-0.39, 0.29) is 11.9 Å². The molecule has 0 saturated carbocycles. The molecule has 1 aromatic rings. The molecule has 24 heavy (non-hydrogen) atoms. The second kappa shape index (κ2) is 13.5. The minimum absolute atomic E-state index is 0.106. The molecule has 0 heterocycles. The van der Waals surface area contributed by atoms with Gasteiger partial charge >= 0.3 is 5.97 Å². The van der Waals surface area contributed by atoms with Gasteiger partial charge in [0.2, 0.25) is 5.91 Å². The van der Waals surface area contributed by atoms with Crippen molar-refractivity contribution in [2.24, 2.45) is 5.73 Å². The second-order valence-corrected chi connectivity index (χ2v) is 5.91. The van der Waals surface area contributed by atoms with Gasteiger partial charge in [-0.25, -0.2) is 0 Å². The van der Waals surface area contributed by atoms with E-state index >= 15 is 0 Å². The first kappa shape index (κ1) is 20.2. The SMILES string of the molecule is NCCCCCC(=O)NCCCCCC(=O)OCc1ccccc1. The van der Waals surface area contributed by atoms with E-state index in [0.717, 1.165) is 44.1 Å². The molecule has 0 aliphatic carbocycles. The first-order valence-corrected chi connectivity index (χ1v) is 8.88. The highest BCUT2D eigenvalue weighted by Gasteiger charge is 2.04. The van der Waals surface area contributed by atoms with Crippen LogP contribution >= 0.6 is 0 Å². The van der Waals surface area contributed by atoms with Gasteiger partial charge in [-0.15, -0.1) is 0 Å². The number of ether oxygens (including phenoxy) is 1. The zero-order chi connectivity index (χ0) is 17.5. The standard InChI is InChI=1S/C19H30N2O3/c20-14-8-2-6-12-18(22)21-15-9-3-7-13-19(23)24-16-17-10-4-1-5-11-17/h1,4-5,10-11H,2-3,6-9,12-16,20H2,(H,21,22). The van der Waals surface area contributed by atoms with Gasteiger partial charge in [-0.2, -0.15) is 0 Å². The molecule has 0 atom stereocenters. The number of nitrogens with one attached hydrogen (secondary N) is 1. The van der Waals surface area contributed by atoms with Crippen LogP contribution in [0.15, 0.2) is 30.3 Å². The molecule has 134 valence electrons. The van der Waals surface area contributed by atoms with Crippen molar-refractivity contribution in [3.05, 3.63) is 35.9 Å². The summed E-state index contributed by atoms with van der Waals surface area (Å²) in [4.78, 5) is 23.2. The molecular weight excluding hydrogens is 304 g/mol. The normalized spacial score (nSPS) is 10.4. The monoisotopic (exact) mass is 334 g/mol. The first-order chi connectivity index (χ1) is 11.7. The Balaban J connectivity index is 1.92. The summed E-state index contributed by atoms with van der Waals surface area (Å²) in [5, 5.41) is 2.91. The van der Waals surface area contributed by atoms with Gasteiger partial charge in [0.1, 0.15) is 6.61 Å². The van der Waals surface area contributed by atoms with Crippen LogP contribution in [0, 0.1) is 0 Å². The minimum Gasteiger partial charge on any atom is -0.461 e. The van der Waals surface area contributed by atoms with E-state index in [9.17, 15) is 9.59 Å². The number of unbranched alkanes of at least 4 members (excludes halogenated alkanes) is 4. The topological polar surface area (TPSA) is 81.4 Å². The Kier molecular flexibility index (Phi) is 11.4. The second-order valence-electron chi connectivity index (χ2n) is 5.91. The highest BCUT2D eigenvalue weighted by atomic mass is 16.5. The maximum absolute atomic E-state index is 11.6. The molecule has 5 nitrogen and oxygen atoms in total. The van der Waals surface area contributed by atoms with Crippen LogP contribution in [0.2, 0.25) is 0 Å². The summed E-state index contributed by atoms with van der Waals surface area (Å²) in [6.45, 7) is 1.70. The summed E-state index contributed by atoms with van der Waals surface area (Å²) in [6.07, 6.45) is 6.49. The Morgan fingerprint density at radius 1 is 0.917 bits per heavy atom.